The third kappa shape index (κ3) is 5.72. The molecule has 0 bridgehead atoms. The number of benzene rings is 2. The van der Waals surface area contributed by atoms with E-state index in [1.165, 1.54) is 12.1 Å². The van der Waals surface area contributed by atoms with Crippen LogP contribution in [0, 0.1) is 5.82 Å². The summed E-state index contributed by atoms with van der Waals surface area (Å²) in [6, 6.07) is 16.4. The van der Waals surface area contributed by atoms with E-state index in [-0.39, 0.29) is 11.7 Å². The molecule has 1 aromatic heterocycles. The van der Waals surface area contributed by atoms with Crippen LogP contribution in [-0.2, 0) is 17.9 Å². The Morgan fingerprint density at radius 1 is 1.00 bits per heavy atom. The minimum Gasteiger partial charge on any atom is -0.351 e. The van der Waals surface area contributed by atoms with E-state index in [1.807, 2.05) is 35.7 Å². The van der Waals surface area contributed by atoms with E-state index in [9.17, 15) is 9.18 Å². The van der Waals surface area contributed by atoms with Gasteiger partial charge in [0.2, 0.25) is 5.91 Å². The molecule has 30 heavy (non-hydrogen) atoms. The number of hydrogen-bond donors (Lipinski definition) is 1. The lowest BCUT2D eigenvalue weighted by Crippen LogP contribution is -2.49. The maximum absolute atomic E-state index is 13.1. The SMILES string of the molecule is O=C(CN1CCN(Cc2nc(-c3ccc(F)cc3)cs2)CC1)NCc1ccccc1. The second kappa shape index (κ2) is 9.93. The molecule has 1 N–H and O–H groups in total. The maximum atomic E-state index is 13.1. The molecule has 1 aliphatic heterocycles. The van der Waals surface area contributed by atoms with Gasteiger partial charge < -0.3 is 5.32 Å². The fourth-order valence-corrected chi connectivity index (χ4v) is 4.33. The summed E-state index contributed by atoms with van der Waals surface area (Å²) < 4.78 is 13.1. The average molecular weight is 425 g/mol. The number of amides is 1. The molecule has 2 heterocycles. The molecular formula is C23H25FN4OS. The second-order valence-electron chi connectivity index (χ2n) is 7.45. The molecule has 7 heteroatoms. The summed E-state index contributed by atoms with van der Waals surface area (Å²) in [6.45, 7) is 5.38. The fraction of sp³-hybridized carbons (Fsp3) is 0.304. The molecule has 1 aliphatic rings. The van der Waals surface area contributed by atoms with Crippen LogP contribution in [0.2, 0.25) is 0 Å². The Balaban J connectivity index is 1.20. The minimum absolute atomic E-state index is 0.0659. The topological polar surface area (TPSA) is 48.5 Å². The average Bonchev–Trinajstić information content (AvgIpc) is 3.23. The minimum atomic E-state index is -0.235. The van der Waals surface area contributed by atoms with Crippen LogP contribution in [0.1, 0.15) is 10.6 Å². The largest absolute Gasteiger partial charge is 0.351 e. The molecule has 0 spiro atoms. The van der Waals surface area contributed by atoms with Crippen molar-refractivity contribution in [2.75, 3.05) is 32.7 Å². The Hall–Kier alpha value is -2.61. The van der Waals surface area contributed by atoms with Gasteiger partial charge in [-0.1, -0.05) is 30.3 Å². The molecule has 3 aromatic rings. The van der Waals surface area contributed by atoms with Gasteiger partial charge in [-0.15, -0.1) is 11.3 Å². The van der Waals surface area contributed by atoms with Crippen LogP contribution in [0.15, 0.2) is 60.0 Å². The molecule has 5 nitrogen and oxygen atoms in total. The highest BCUT2D eigenvalue weighted by Crippen LogP contribution is 2.23. The van der Waals surface area contributed by atoms with Gasteiger partial charge in [0.15, 0.2) is 0 Å². The summed E-state index contributed by atoms with van der Waals surface area (Å²) in [4.78, 5) is 21.5. The van der Waals surface area contributed by atoms with Crippen molar-refractivity contribution in [3.8, 4) is 11.3 Å². The number of aromatic nitrogens is 1. The number of rotatable bonds is 7. The van der Waals surface area contributed by atoms with Gasteiger partial charge in [0.1, 0.15) is 10.8 Å². The molecule has 0 saturated carbocycles. The van der Waals surface area contributed by atoms with Crippen molar-refractivity contribution in [3.63, 3.8) is 0 Å². The Bertz CT molecular complexity index is 953. The van der Waals surface area contributed by atoms with Crippen LogP contribution in [0.3, 0.4) is 0 Å². The molecule has 0 atom stereocenters. The lowest BCUT2D eigenvalue weighted by atomic mass is 10.2. The fourth-order valence-electron chi connectivity index (χ4n) is 3.49. The van der Waals surface area contributed by atoms with Gasteiger partial charge in [-0.3, -0.25) is 14.6 Å². The summed E-state index contributed by atoms with van der Waals surface area (Å²) in [5.74, 6) is -0.169. The van der Waals surface area contributed by atoms with E-state index in [0.29, 0.717) is 13.1 Å². The molecule has 0 aliphatic carbocycles. The van der Waals surface area contributed by atoms with Crippen molar-refractivity contribution in [1.29, 1.82) is 0 Å². The zero-order valence-corrected chi connectivity index (χ0v) is 17.6. The number of carbonyl (C=O) groups is 1. The van der Waals surface area contributed by atoms with E-state index >= 15 is 0 Å². The highest BCUT2D eigenvalue weighted by atomic mass is 32.1. The van der Waals surface area contributed by atoms with Crippen LogP contribution in [0.25, 0.3) is 11.3 Å². The molecule has 1 amide bonds. The third-order valence-corrected chi connectivity index (χ3v) is 6.05. The predicted molar refractivity (Wildman–Crippen MR) is 118 cm³/mol. The first-order valence-electron chi connectivity index (χ1n) is 10.1. The monoisotopic (exact) mass is 424 g/mol. The summed E-state index contributed by atoms with van der Waals surface area (Å²) >= 11 is 1.63. The molecule has 0 radical (unpaired) electrons. The van der Waals surface area contributed by atoms with Crippen LogP contribution in [0.5, 0.6) is 0 Å². The Morgan fingerprint density at radius 2 is 1.70 bits per heavy atom. The summed E-state index contributed by atoms with van der Waals surface area (Å²) in [7, 11) is 0. The zero-order valence-electron chi connectivity index (χ0n) is 16.8. The summed E-state index contributed by atoms with van der Waals surface area (Å²) in [5, 5.41) is 6.08. The molecule has 1 saturated heterocycles. The van der Waals surface area contributed by atoms with Crippen molar-refractivity contribution >= 4 is 17.2 Å². The van der Waals surface area contributed by atoms with Crippen molar-refractivity contribution in [3.05, 3.63) is 76.4 Å². The Morgan fingerprint density at radius 3 is 2.43 bits per heavy atom. The van der Waals surface area contributed by atoms with E-state index in [0.717, 1.165) is 54.6 Å². The number of piperazine rings is 1. The van der Waals surface area contributed by atoms with Crippen LogP contribution < -0.4 is 5.32 Å². The van der Waals surface area contributed by atoms with Gasteiger partial charge in [0, 0.05) is 43.7 Å². The van der Waals surface area contributed by atoms with E-state index in [2.05, 4.69) is 15.1 Å². The van der Waals surface area contributed by atoms with Crippen LogP contribution in [-0.4, -0.2) is 53.4 Å². The van der Waals surface area contributed by atoms with Gasteiger partial charge in [-0.2, -0.15) is 0 Å². The third-order valence-electron chi connectivity index (χ3n) is 5.22. The molecule has 4 rings (SSSR count). The highest BCUT2D eigenvalue weighted by molar-refractivity contribution is 7.09. The quantitative estimate of drug-likeness (QED) is 0.632. The first-order chi connectivity index (χ1) is 14.7. The van der Waals surface area contributed by atoms with Crippen molar-refractivity contribution < 1.29 is 9.18 Å². The number of nitrogens with one attached hydrogen (secondary N) is 1. The van der Waals surface area contributed by atoms with Gasteiger partial charge in [0.25, 0.3) is 0 Å². The maximum Gasteiger partial charge on any atom is 0.234 e. The van der Waals surface area contributed by atoms with E-state index in [4.69, 9.17) is 4.98 Å². The van der Waals surface area contributed by atoms with Gasteiger partial charge >= 0.3 is 0 Å². The Labute approximate surface area is 180 Å². The molecule has 156 valence electrons. The van der Waals surface area contributed by atoms with Crippen molar-refractivity contribution in [1.82, 2.24) is 20.1 Å². The zero-order chi connectivity index (χ0) is 20.8. The van der Waals surface area contributed by atoms with Crippen molar-refractivity contribution in [2.24, 2.45) is 0 Å². The van der Waals surface area contributed by atoms with Crippen molar-refractivity contribution in [2.45, 2.75) is 13.1 Å². The molecular weight excluding hydrogens is 399 g/mol. The van der Waals surface area contributed by atoms with E-state index < -0.39 is 0 Å². The summed E-state index contributed by atoms with van der Waals surface area (Å²) in [5.41, 5.74) is 2.94. The number of hydrogen-bond acceptors (Lipinski definition) is 5. The predicted octanol–water partition coefficient (Wildman–Crippen LogP) is 3.38. The Kier molecular flexibility index (Phi) is 6.84. The lowest BCUT2D eigenvalue weighted by molar-refractivity contribution is -0.122. The van der Waals surface area contributed by atoms with Crippen LogP contribution >= 0.6 is 11.3 Å². The molecule has 2 aromatic carbocycles. The summed E-state index contributed by atoms with van der Waals surface area (Å²) in [6.07, 6.45) is 0. The van der Waals surface area contributed by atoms with Gasteiger partial charge in [-0.05, 0) is 29.8 Å². The highest BCUT2D eigenvalue weighted by Gasteiger charge is 2.20. The standard InChI is InChI=1S/C23H25FN4OS/c24-20-8-6-19(7-9-20)21-17-30-23(26-21)16-28-12-10-27(11-13-28)15-22(29)25-14-18-4-2-1-3-5-18/h1-9,17H,10-16H2,(H,25,29). The van der Waals surface area contributed by atoms with Crippen LogP contribution in [0.4, 0.5) is 4.39 Å². The van der Waals surface area contributed by atoms with Gasteiger partial charge in [-0.25, -0.2) is 9.37 Å². The smallest absolute Gasteiger partial charge is 0.234 e. The number of thiazole rings is 1. The number of halogens is 1. The lowest BCUT2D eigenvalue weighted by Gasteiger charge is -2.33. The second-order valence-corrected chi connectivity index (χ2v) is 8.39. The normalized spacial score (nSPS) is 15.2. The number of nitrogens with zero attached hydrogens (tertiary/aromatic N) is 3. The molecule has 1 fully saturated rings. The van der Waals surface area contributed by atoms with Gasteiger partial charge in [0.05, 0.1) is 18.8 Å². The first-order valence-corrected chi connectivity index (χ1v) is 11.0. The molecule has 0 unspecified atom stereocenters. The number of carbonyl (C=O) groups excluding carboxylic acids is 1. The van der Waals surface area contributed by atoms with E-state index in [1.54, 1.807) is 23.5 Å². The first kappa shape index (κ1) is 20.7.